The molecule has 0 radical (unpaired) electrons. The Hall–Kier alpha value is -0.214. The summed E-state index contributed by atoms with van der Waals surface area (Å²) in [6, 6.07) is 13.6. The predicted octanol–water partition coefficient (Wildman–Crippen LogP) is 2.68. The van der Waals surface area contributed by atoms with Gasteiger partial charge in [-0.25, -0.2) is 8.42 Å². The third-order valence-corrected chi connectivity index (χ3v) is 5.19. The molecule has 6 heteroatoms. The number of hydrogen-bond acceptors (Lipinski definition) is 4. The van der Waals surface area contributed by atoms with E-state index in [1.54, 1.807) is 36.4 Å². The van der Waals surface area contributed by atoms with Crippen molar-refractivity contribution in [3.63, 3.8) is 0 Å². The minimum absolute atomic E-state index is 0. The largest absolute Gasteiger partial charge is 1.00 e. The minimum atomic E-state index is -4.58. The van der Waals surface area contributed by atoms with Gasteiger partial charge >= 0.3 is 51.4 Å². The molecule has 0 saturated heterocycles. The van der Waals surface area contributed by atoms with Crippen molar-refractivity contribution in [2.45, 2.75) is 63.2 Å². The van der Waals surface area contributed by atoms with Gasteiger partial charge in [-0.2, -0.15) is 0 Å². The predicted molar refractivity (Wildman–Crippen MR) is 103 cm³/mol. The van der Waals surface area contributed by atoms with Crippen LogP contribution in [-0.2, 0) is 16.5 Å². The Morgan fingerprint density at radius 1 is 0.889 bits per heavy atom. The first-order valence-corrected chi connectivity index (χ1v) is 10.7. The summed E-state index contributed by atoms with van der Waals surface area (Å²) in [6.07, 6.45) is 9.37. The van der Waals surface area contributed by atoms with E-state index in [4.69, 9.17) is 4.74 Å². The van der Waals surface area contributed by atoms with Crippen molar-refractivity contribution in [3.05, 3.63) is 54.1 Å². The summed E-state index contributed by atoms with van der Waals surface area (Å²) in [6.45, 7) is 2.21. The first-order valence-electron chi connectivity index (χ1n) is 9.32. The van der Waals surface area contributed by atoms with E-state index in [1.807, 2.05) is 6.07 Å². The fourth-order valence-electron chi connectivity index (χ4n) is 2.90. The fourth-order valence-corrected chi connectivity index (χ4v) is 3.48. The summed E-state index contributed by atoms with van der Waals surface area (Å²) in [7, 11) is -4.58. The van der Waals surface area contributed by atoms with E-state index in [1.165, 1.54) is 38.2 Å². The van der Waals surface area contributed by atoms with E-state index in [-0.39, 0.29) is 62.0 Å². The van der Waals surface area contributed by atoms with Crippen LogP contribution in [0.1, 0.15) is 57.4 Å². The summed E-state index contributed by atoms with van der Waals surface area (Å²) >= 11 is 0. The molecule has 2 aromatic rings. The molecule has 0 N–H and O–H groups in total. The SMILES string of the molecule is CCCCCCCCCc1ccc(S(=O)(=O)[O-])c(Oc2ccccc2)c1.[K+]. The molecule has 0 bridgehead atoms. The Kier molecular flexibility index (Phi) is 12.0. The van der Waals surface area contributed by atoms with Gasteiger partial charge in [0.2, 0.25) is 0 Å². The average molecular weight is 415 g/mol. The van der Waals surface area contributed by atoms with E-state index in [0.717, 1.165) is 24.8 Å². The molecule has 0 saturated carbocycles. The standard InChI is InChI=1S/C21H28O4S.K/c1-2-3-4-5-6-7-9-12-18-15-16-21(26(22,23)24)20(17-18)25-19-13-10-8-11-14-19;/h8,10-11,13-17H,2-7,9,12H2,1H3,(H,22,23,24);/q;+1/p-1. The maximum Gasteiger partial charge on any atom is 1.00 e. The summed E-state index contributed by atoms with van der Waals surface area (Å²) in [4.78, 5) is -0.315. The molecule has 0 atom stereocenters. The van der Waals surface area contributed by atoms with Crippen LogP contribution in [-0.4, -0.2) is 13.0 Å². The van der Waals surface area contributed by atoms with Gasteiger partial charge in [0.15, 0.2) is 0 Å². The summed E-state index contributed by atoms with van der Waals surface area (Å²) < 4.78 is 40.2. The average Bonchev–Trinajstić information content (AvgIpc) is 2.61. The van der Waals surface area contributed by atoms with E-state index >= 15 is 0 Å². The van der Waals surface area contributed by atoms with E-state index < -0.39 is 10.1 Å². The molecule has 0 fully saturated rings. The molecule has 0 heterocycles. The van der Waals surface area contributed by atoms with Crippen LogP contribution in [0, 0.1) is 0 Å². The van der Waals surface area contributed by atoms with Crippen molar-refractivity contribution in [1.82, 2.24) is 0 Å². The molecule has 27 heavy (non-hydrogen) atoms. The van der Waals surface area contributed by atoms with Crippen LogP contribution < -0.4 is 56.1 Å². The van der Waals surface area contributed by atoms with Gasteiger partial charge in [0.25, 0.3) is 0 Å². The third-order valence-electron chi connectivity index (χ3n) is 4.32. The van der Waals surface area contributed by atoms with Crippen molar-refractivity contribution in [3.8, 4) is 11.5 Å². The fraction of sp³-hybridized carbons (Fsp3) is 0.429. The normalized spacial score (nSPS) is 11.0. The number of ether oxygens (including phenoxy) is 1. The number of unbranched alkanes of at least 4 members (excludes halogenated alkanes) is 6. The molecule has 0 unspecified atom stereocenters. The van der Waals surface area contributed by atoms with Crippen LogP contribution in [0.15, 0.2) is 53.4 Å². The van der Waals surface area contributed by atoms with Gasteiger partial charge in [0.05, 0.1) is 4.90 Å². The first-order chi connectivity index (χ1) is 12.5. The smallest absolute Gasteiger partial charge is 0.744 e. The Bertz CT molecular complexity index is 776. The molecule has 2 rings (SSSR count). The second kappa shape index (κ2) is 13.1. The molecule has 0 aliphatic rings. The van der Waals surface area contributed by atoms with Crippen LogP contribution in [0.4, 0.5) is 0 Å². The maximum atomic E-state index is 11.5. The molecule has 4 nitrogen and oxygen atoms in total. The van der Waals surface area contributed by atoms with E-state index in [9.17, 15) is 13.0 Å². The van der Waals surface area contributed by atoms with Crippen LogP contribution in [0.25, 0.3) is 0 Å². The summed E-state index contributed by atoms with van der Waals surface area (Å²) in [5.74, 6) is 0.608. The van der Waals surface area contributed by atoms with Crippen molar-refractivity contribution >= 4 is 10.1 Å². The van der Waals surface area contributed by atoms with Crippen molar-refractivity contribution in [2.24, 2.45) is 0 Å². The number of para-hydroxylation sites is 1. The van der Waals surface area contributed by atoms with Gasteiger partial charge in [0, 0.05) is 0 Å². The molecular weight excluding hydrogens is 387 g/mol. The van der Waals surface area contributed by atoms with Crippen molar-refractivity contribution in [2.75, 3.05) is 0 Å². The monoisotopic (exact) mass is 414 g/mol. The van der Waals surface area contributed by atoms with Gasteiger partial charge < -0.3 is 9.29 Å². The van der Waals surface area contributed by atoms with Crippen molar-refractivity contribution < 1.29 is 69.1 Å². The topological polar surface area (TPSA) is 66.4 Å². The number of rotatable bonds is 11. The van der Waals surface area contributed by atoms with Crippen molar-refractivity contribution in [1.29, 1.82) is 0 Å². The second-order valence-corrected chi connectivity index (χ2v) is 7.87. The van der Waals surface area contributed by atoms with Crippen LogP contribution in [0.2, 0.25) is 0 Å². The molecule has 0 aromatic heterocycles. The van der Waals surface area contributed by atoms with E-state index in [0.29, 0.717) is 5.75 Å². The van der Waals surface area contributed by atoms with E-state index in [2.05, 4.69) is 6.92 Å². The molecule has 0 aliphatic carbocycles. The Morgan fingerprint density at radius 3 is 2.15 bits per heavy atom. The summed E-state index contributed by atoms with van der Waals surface area (Å²) in [5.41, 5.74) is 0.983. The van der Waals surface area contributed by atoms with Gasteiger partial charge in [-0.15, -0.1) is 0 Å². The minimum Gasteiger partial charge on any atom is -0.744 e. The van der Waals surface area contributed by atoms with Crippen LogP contribution >= 0.6 is 0 Å². The van der Waals surface area contributed by atoms with Gasteiger partial charge in [-0.05, 0) is 42.7 Å². The number of benzene rings is 2. The molecular formula is C21H27KO4S. The maximum absolute atomic E-state index is 11.5. The molecule has 0 amide bonds. The van der Waals surface area contributed by atoms with Crippen LogP contribution in [0.5, 0.6) is 11.5 Å². The van der Waals surface area contributed by atoms with Crippen LogP contribution in [0.3, 0.4) is 0 Å². The molecule has 142 valence electrons. The summed E-state index contributed by atoms with van der Waals surface area (Å²) in [5, 5.41) is 0. The molecule has 2 aromatic carbocycles. The molecule has 0 spiro atoms. The van der Waals surface area contributed by atoms with Gasteiger partial charge in [0.1, 0.15) is 21.6 Å². The molecule has 0 aliphatic heterocycles. The zero-order chi connectivity index (χ0) is 18.8. The number of aryl methyl sites for hydroxylation is 1. The quantitative estimate of drug-likeness (QED) is 0.322. The number of hydrogen-bond donors (Lipinski definition) is 0. The second-order valence-electron chi connectivity index (χ2n) is 6.52. The third kappa shape index (κ3) is 9.22. The Balaban J connectivity index is 0.00000364. The first kappa shape index (κ1) is 24.8. The Morgan fingerprint density at radius 2 is 1.52 bits per heavy atom. The van der Waals surface area contributed by atoms with Gasteiger partial charge in [-0.3, -0.25) is 0 Å². The zero-order valence-electron chi connectivity index (χ0n) is 16.3. The zero-order valence-corrected chi connectivity index (χ0v) is 20.3. The Labute approximate surface area is 205 Å². The van der Waals surface area contributed by atoms with Gasteiger partial charge in [-0.1, -0.05) is 69.7 Å².